The molecule has 2 aliphatic rings. The number of hydrogen-bond acceptors (Lipinski definition) is 2. The van der Waals surface area contributed by atoms with E-state index in [1.165, 1.54) is 36.8 Å². The maximum Gasteiger partial charge on any atom is 0.251 e. The van der Waals surface area contributed by atoms with Gasteiger partial charge in [-0.15, -0.1) is 0 Å². The van der Waals surface area contributed by atoms with E-state index in [4.69, 9.17) is 0 Å². The highest BCUT2D eigenvalue weighted by Crippen LogP contribution is 2.34. The lowest BCUT2D eigenvalue weighted by Crippen LogP contribution is -2.41. The first-order chi connectivity index (χ1) is 9.65. The van der Waals surface area contributed by atoms with Crippen molar-refractivity contribution in [2.75, 3.05) is 20.6 Å². The average molecular weight is 272 g/mol. The molecular weight excluding hydrogens is 248 g/mol. The van der Waals surface area contributed by atoms with Crippen LogP contribution in [0.2, 0.25) is 0 Å². The number of nitrogens with zero attached hydrogens (tertiary/aromatic N) is 1. The molecule has 0 unspecified atom stereocenters. The lowest BCUT2D eigenvalue weighted by atomic mass is 10.1. The molecule has 1 N–H and O–H groups in total. The summed E-state index contributed by atoms with van der Waals surface area (Å²) in [6, 6.07) is 6.66. The van der Waals surface area contributed by atoms with Crippen LogP contribution < -0.4 is 5.32 Å². The number of amides is 1. The highest BCUT2D eigenvalue weighted by molar-refractivity contribution is 5.94. The molecule has 1 fully saturated rings. The van der Waals surface area contributed by atoms with E-state index in [2.05, 4.69) is 36.4 Å². The van der Waals surface area contributed by atoms with E-state index < -0.39 is 0 Å². The van der Waals surface area contributed by atoms with Crippen molar-refractivity contribution in [1.29, 1.82) is 0 Å². The van der Waals surface area contributed by atoms with Gasteiger partial charge in [0, 0.05) is 18.2 Å². The summed E-state index contributed by atoms with van der Waals surface area (Å²) in [4.78, 5) is 14.5. The van der Waals surface area contributed by atoms with Crippen LogP contribution in [0.1, 0.15) is 40.7 Å². The Labute approximate surface area is 121 Å². The van der Waals surface area contributed by atoms with E-state index in [1.54, 1.807) is 0 Å². The van der Waals surface area contributed by atoms with Crippen LogP contribution in [-0.4, -0.2) is 37.5 Å². The van der Waals surface area contributed by atoms with Gasteiger partial charge in [0.2, 0.25) is 0 Å². The fourth-order valence-electron chi connectivity index (χ4n) is 3.26. The van der Waals surface area contributed by atoms with Crippen molar-refractivity contribution in [2.24, 2.45) is 5.92 Å². The summed E-state index contributed by atoms with van der Waals surface area (Å²) >= 11 is 0. The van der Waals surface area contributed by atoms with Crippen LogP contribution in [0.4, 0.5) is 0 Å². The van der Waals surface area contributed by atoms with E-state index in [-0.39, 0.29) is 5.91 Å². The smallest absolute Gasteiger partial charge is 0.251 e. The molecule has 0 spiro atoms. The summed E-state index contributed by atoms with van der Waals surface area (Å²) in [5.74, 6) is 0.845. The van der Waals surface area contributed by atoms with Crippen molar-refractivity contribution in [3.05, 3.63) is 34.9 Å². The Morgan fingerprint density at radius 3 is 2.75 bits per heavy atom. The molecule has 3 heteroatoms. The molecule has 3 rings (SSSR count). The van der Waals surface area contributed by atoms with Crippen LogP contribution >= 0.6 is 0 Å². The fraction of sp³-hybridized carbons (Fsp3) is 0.588. The summed E-state index contributed by atoms with van der Waals surface area (Å²) in [5.41, 5.74) is 3.61. The molecule has 1 aromatic rings. The SMILES string of the molecule is CN(C)[C@@H](CNC(=O)c1ccc2c(c1)CCC2)C1CC1. The predicted octanol–water partition coefficient (Wildman–Crippen LogP) is 2.25. The third kappa shape index (κ3) is 2.88. The topological polar surface area (TPSA) is 32.3 Å². The number of aryl methyl sites for hydroxylation is 2. The predicted molar refractivity (Wildman–Crippen MR) is 81.0 cm³/mol. The van der Waals surface area contributed by atoms with Gasteiger partial charge >= 0.3 is 0 Å². The minimum absolute atomic E-state index is 0.0761. The minimum atomic E-state index is 0.0761. The van der Waals surface area contributed by atoms with Gasteiger partial charge in [-0.2, -0.15) is 0 Å². The van der Waals surface area contributed by atoms with E-state index in [0.29, 0.717) is 6.04 Å². The number of fused-ring (bicyclic) bond motifs is 1. The van der Waals surface area contributed by atoms with Crippen LogP contribution in [0.25, 0.3) is 0 Å². The zero-order valence-electron chi connectivity index (χ0n) is 12.5. The first-order valence-electron chi connectivity index (χ1n) is 7.71. The first kappa shape index (κ1) is 13.6. The maximum absolute atomic E-state index is 12.3. The van der Waals surface area contributed by atoms with E-state index >= 15 is 0 Å². The van der Waals surface area contributed by atoms with Gasteiger partial charge in [0.05, 0.1) is 0 Å². The lowest BCUT2D eigenvalue weighted by Gasteiger charge is -2.24. The van der Waals surface area contributed by atoms with Crippen LogP contribution in [0.3, 0.4) is 0 Å². The summed E-state index contributed by atoms with van der Waals surface area (Å²) in [5, 5.41) is 3.11. The minimum Gasteiger partial charge on any atom is -0.350 e. The number of carbonyl (C=O) groups is 1. The molecule has 0 heterocycles. The molecule has 1 aromatic carbocycles. The number of hydrogen-bond donors (Lipinski definition) is 1. The van der Waals surface area contributed by atoms with E-state index in [9.17, 15) is 4.79 Å². The number of rotatable bonds is 5. The fourth-order valence-corrected chi connectivity index (χ4v) is 3.26. The van der Waals surface area contributed by atoms with Crippen LogP contribution in [0.5, 0.6) is 0 Å². The van der Waals surface area contributed by atoms with E-state index in [1.807, 2.05) is 6.07 Å². The Hall–Kier alpha value is -1.35. The maximum atomic E-state index is 12.3. The highest BCUT2D eigenvalue weighted by Gasteiger charge is 2.32. The third-order valence-electron chi connectivity index (χ3n) is 4.66. The van der Waals surface area contributed by atoms with Crippen molar-refractivity contribution in [1.82, 2.24) is 10.2 Å². The Bertz CT molecular complexity index is 504. The number of nitrogens with one attached hydrogen (secondary N) is 1. The largest absolute Gasteiger partial charge is 0.350 e. The van der Waals surface area contributed by atoms with Gasteiger partial charge in [0.1, 0.15) is 0 Å². The zero-order chi connectivity index (χ0) is 14.1. The molecule has 0 saturated heterocycles. The Morgan fingerprint density at radius 1 is 1.30 bits per heavy atom. The van der Waals surface area contributed by atoms with Crippen LogP contribution in [0, 0.1) is 5.92 Å². The summed E-state index contributed by atoms with van der Waals surface area (Å²) in [6.45, 7) is 0.758. The van der Waals surface area contributed by atoms with Gasteiger partial charge < -0.3 is 10.2 Å². The number of benzene rings is 1. The van der Waals surface area contributed by atoms with Crippen LogP contribution in [-0.2, 0) is 12.8 Å². The van der Waals surface area contributed by atoms with Gasteiger partial charge in [-0.1, -0.05) is 6.07 Å². The molecular formula is C17H24N2O. The highest BCUT2D eigenvalue weighted by atomic mass is 16.1. The van der Waals surface area contributed by atoms with Crippen molar-refractivity contribution in [3.8, 4) is 0 Å². The normalized spacial score (nSPS) is 18.9. The first-order valence-corrected chi connectivity index (χ1v) is 7.71. The summed E-state index contributed by atoms with van der Waals surface area (Å²) < 4.78 is 0. The number of likely N-dealkylation sites (N-methyl/N-ethyl adjacent to an activating group) is 1. The second-order valence-electron chi connectivity index (χ2n) is 6.42. The van der Waals surface area contributed by atoms with Crippen LogP contribution in [0.15, 0.2) is 18.2 Å². The average Bonchev–Trinajstić information content (AvgIpc) is 3.15. The molecule has 0 radical (unpaired) electrons. The molecule has 1 atom stereocenters. The molecule has 0 bridgehead atoms. The molecule has 3 nitrogen and oxygen atoms in total. The Kier molecular flexibility index (Phi) is 3.79. The van der Waals surface area contributed by atoms with Gasteiger partial charge in [0.15, 0.2) is 0 Å². The lowest BCUT2D eigenvalue weighted by molar-refractivity contribution is 0.0939. The van der Waals surface area contributed by atoms with Gasteiger partial charge in [-0.25, -0.2) is 0 Å². The van der Waals surface area contributed by atoms with Crippen molar-refractivity contribution >= 4 is 5.91 Å². The van der Waals surface area contributed by atoms with E-state index in [0.717, 1.165) is 24.4 Å². The molecule has 1 amide bonds. The Balaban J connectivity index is 1.61. The van der Waals surface area contributed by atoms with Crippen molar-refractivity contribution < 1.29 is 4.79 Å². The summed E-state index contributed by atoms with van der Waals surface area (Å²) in [6.07, 6.45) is 6.13. The van der Waals surface area contributed by atoms with Crippen molar-refractivity contribution in [3.63, 3.8) is 0 Å². The van der Waals surface area contributed by atoms with Crippen molar-refractivity contribution in [2.45, 2.75) is 38.1 Å². The molecule has 1 saturated carbocycles. The third-order valence-corrected chi connectivity index (χ3v) is 4.66. The standard InChI is InChI=1S/C17H24N2O/c1-19(2)16(13-7-8-13)11-18-17(20)15-9-6-12-4-3-5-14(12)10-15/h6,9-10,13,16H,3-5,7-8,11H2,1-2H3,(H,18,20)/t16-/m0/s1. The molecule has 108 valence electrons. The van der Waals surface area contributed by atoms with Gasteiger partial charge in [-0.05, 0) is 75.4 Å². The second-order valence-corrected chi connectivity index (χ2v) is 6.42. The summed E-state index contributed by atoms with van der Waals surface area (Å²) in [7, 11) is 4.20. The quantitative estimate of drug-likeness (QED) is 0.891. The zero-order valence-corrected chi connectivity index (χ0v) is 12.5. The second kappa shape index (κ2) is 5.57. The Morgan fingerprint density at radius 2 is 2.05 bits per heavy atom. The molecule has 20 heavy (non-hydrogen) atoms. The molecule has 0 aromatic heterocycles. The van der Waals surface area contributed by atoms with Gasteiger partial charge in [-0.3, -0.25) is 4.79 Å². The van der Waals surface area contributed by atoms with Gasteiger partial charge in [0.25, 0.3) is 5.91 Å². The molecule has 2 aliphatic carbocycles. The molecule has 0 aliphatic heterocycles. The number of carbonyl (C=O) groups excluding carboxylic acids is 1. The monoisotopic (exact) mass is 272 g/mol.